The Balaban J connectivity index is 1.74. The third-order valence-corrected chi connectivity index (χ3v) is 5.42. The number of thiophene rings is 1. The number of rotatable bonds is 6. The van der Waals surface area contributed by atoms with Crippen LogP contribution in [0, 0.1) is 0 Å². The molecule has 31 heavy (non-hydrogen) atoms. The van der Waals surface area contributed by atoms with Crippen molar-refractivity contribution in [2.75, 3.05) is 12.4 Å². The standard InChI is InChI=1S/C22H21N5O3S/c1-13(2)25-22(29)26-16-11-14(6-7-18(16)30-3)17-8-9-23-21-15(12-24-27(17)21)20(28)19-5-4-10-31-19/h4-13H,1-3H3,(H2,25,26,29). The van der Waals surface area contributed by atoms with Crippen molar-refractivity contribution in [3.05, 3.63) is 64.6 Å². The molecular weight excluding hydrogens is 414 g/mol. The average Bonchev–Trinajstić information content (AvgIpc) is 3.42. The highest BCUT2D eigenvalue weighted by molar-refractivity contribution is 7.12. The summed E-state index contributed by atoms with van der Waals surface area (Å²) in [5.41, 5.74) is 2.94. The minimum Gasteiger partial charge on any atom is -0.495 e. The molecule has 3 aromatic heterocycles. The van der Waals surface area contributed by atoms with Gasteiger partial charge in [0.05, 0.1) is 35.1 Å². The maximum atomic E-state index is 12.8. The van der Waals surface area contributed by atoms with Gasteiger partial charge < -0.3 is 15.4 Å². The van der Waals surface area contributed by atoms with Gasteiger partial charge in [0.15, 0.2) is 5.65 Å². The van der Waals surface area contributed by atoms with Crippen molar-refractivity contribution in [2.45, 2.75) is 19.9 Å². The van der Waals surface area contributed by atoms with Crippen molar-refractivity contribution < 1.29 is 14.3 Å². The molecule has 8 nitrogen and oxygen atoms in total. The number of hydrogen-bond acceptors (Lipinski definition) is 6. The highest BCUT2D eigenvalue weighted by Crippen LogP contribution is 2.31. The van der Waals surface area contributed by atoms with Gasteiger partial charge in [-0.2, -0.15) is 5.10 Å². The maximum Gasteiger partial charge on any atom is 0.319 e. The number of fused-ring (bicyclic) bond motifs is 1. The van der Waals surface area contributed by atoms with Gasteiger partial charge in [0.2, 0.25) is 5.78 Å². The summed E-state index contributed by atoms with van der Waals surface area (Å²) in [6, 6.07) is 10.5. The number of methoxy groups -OCH3 is 1. The Morgan fingerprint density at radius 3 is 2.74 bits per heavy atom. The number of aromatic nitrogens is 3. The molecule has 9 heteroatoms. The van der Waals surface area contributed by atoms with Gasteiger partial charge in [0.1, 0.15) is 5.75 Å². The van der Waals surface area contributed by atoms with E-state index in [-0.39, 0.29) is 17.9 Å². The Hall–Kier alpha value is -3.72. The summed E-state index contributed by atoms with van der Waals surface area (Å²) in [4.78, 5) is 30.0. The summed E-state index contributed by atoms with van der Waals surface area (Å²) in [6.45, 7) is 3.77. The normalized spacial score (nSPS) is 11.0. The lowest BCUT2D eigenvalue weighted by Crippen LogP contribution is -2.34. The van der Waals surface area contributed by atoms with Crippen LogP contribution in [0.4, 0.5) is 10.5 Å². The van der Waals surface area contributed by atoms with Gasteiger partial charge in [-0.25, -0.2) is 14.3 Å². The highest BCUT2D eigenvalue weighted by atomic mass is 32.1. The second-order valence-electron chi connectivity index (χ2n) is 7.10. The van der Waals surface area contributed by atoms with Crippen molar-refractivity contribution in [1.29, 1.82) is 0 Å². The molecule has 0 aliphatic heterocycles. The summed E-state index contributed by atoms with van der Waals surface area (Å²) >= 11 is 1.38. The molecule has 2 amide bonds. The zero-order valence-electron chi connectivity index (χ0n) is 17.2. The van der Waals surface area contributed by atoms with E-state index in [0.29, 0.717) is 27.5 Å². The fourth-order valence-electron chi connectivity index (χ4n) is 3.20. The number of nitrogens with zero attached hydrogens (tertiary/aromatic N) is 3. The lowest BCUT2D eigenvalue weighted by atomic mass is 10.1. The maximum absolute atomic E-state index is 12.8. The molecule has 158 valence electrons. The van der Waals surface area contributed by atoms with Crippen LogP contribution in [-0.2, 0) is 0 Å². The SMILES string of the molecule is COc1ccc(-c2ccnc3c(C(=O)c4cccs4)cnn23)cc1NC(=O)NC(C)C. The van der Waals surface area contributed by atoms with Gasteiger partial charge in [-0.3, -0.25) is 4.79 Å². The minimum atomic E-state index is -0.326. The first-order chi connectivity index (χ1) is 15.0. The average molecular weight is 436 g/mol. The van der Waals surface area contributed by atoms with Gasteiger partial charge in [0, 0.05) is 17.8 Å². The van der Waals surface area contributed by atoms with Crippen LogP contribution in [0.5, 0.6) is 5.75 Å². The van der Waals surface area contributed by atoms with Crippen LogP contribution in [0.1, 0.15) is 29.1 Å². The second-order valence-corrected chi connectivity index (χ2v) is 8.05. The van der Waals surface area contributed by atoms with E-state index in [1.807, 2.05) is 31.4 Å². The first-order valence-corrected chi connectivity index (χ1v) is 10.5. The van der Waals surface area contributed by atoms with E-state index in [1.165, 1.54) is 17.5 Å². The van der Waals surface area contributed by atoms with E-state index in [1.54, 1.807) is 42.1 Å². The molecule has 3 heterocycles. The van der Waals surface area contributed by atoms with Crippen molar-refractivity contribution >= 4 is 34.5 Å². The number of nitrogens with one attached hydrogen (secondary N) is 2. The Kier molecular flexibility index (Phi) is 5.68. The first kappa shape index (κ1) is 20.5. The molecular formula is C22H21N5O3S. The van der Waals surface area contributed by atoms with E-state index < -0.39 is 0 Å². The summed E-state index contributed by atoms with van der Waals surface area (Å²) in [6.07, 6.45) is 3.17. The van der Waals surface area contributed by atoms with Crippen LogP contribution in [0.15, 0.2) is 54.2 Å². The summed E-state index contributed by atoms with van der Waals surface area (Å²) in [7, 11) is 1.54. The minimum absolute atomic E-state index is 0.00243. The molecule has 0 atom stereocenters. The van der Waals surface area contributed by atoms with Crippen LogP contribution in [0.2, 0.25) is 0 Å². The van der Waals surface area contributed by atoms with E-state index >= 15 is 0 Å². The fourth-order valence-corrected chi connectivity index (χ4v) is 3.87. The first-order valence-electron chi connectivity index (χ1n) is 9.65. The van der Waals surface area contributed by atoms with Crippen LogP contribution in [0.3, 0.4) is 0 Å². The van der Waals surface area contributed by atoms with Crippen LogP contribution >= 0.6 is 11.3 Å². The number of urea groups is 1. The molecule has 0 bridgehead atoms. The van der Waals surface area contributed by atoms with Crippen molar-refractivity contribution in [1.82, 2.24) is 19.9 Å². The van der Waals surface area contributed by atoms with Gasteiger partial charge in [-0.05, 0) is 49.6 Å². The molecule has 0 aliphatic rings. The predicted octanol–water partition coefficient (Wildman–Crippen LogP) is 4.23. The third-order valence-electron chi connectivity index (χ3n) is 4.55. The number of carbonyl (C=O) groups excluding carboxylic acids is 2. The van der Waals surface area contributed by atoms with E-state index in [0.717, 1.165) is 11.3 Å². The van der Waals surface area contributed by atoms with Crippen LogP contribution in [-0.4, -0.2) is 39.6 Å². The molecule has 4 rings (SSSR count). The lowest BCUT2D eigenvalue weighted by Gasteiger charge is -2.14. The second kappa shape index (κ2) is 8.57. The van der Waals surface area contributed by atoms with Gasteiger partial charge in [0.25, 0.3) is 0 Å². The Labute approximate surface area is 182 Å². The van der Waals surface area contributed by atoms with Crippen molar-refractivity contribution in [2.24, 2.45) is 0 Å². The van der Waals surface area contributed by atoms with Crippen molar-refractivity contribution in [3.63, 3.8) is 0 Å². The van der Waals surface area contributed by atoms with Gasteiger partial charge in [-0.15, -0.1) is 11.3 Å². The van der Waals surface area contributed by atoms with Crippen LogP contribution < -0.4 is 15.4 Å². The summed E-state index contributed by atoms with van der Waals surface area (Å²) in [5, 5.41) is 11.9. The molecule has 1 aromatic carbocycles. The third kappa shape index (κ3) is 4.13. The lowest BCUT2D eigenvalue weighted by molar-refractivity contribution is 0.104. The number of benzene rings is 1. The van der Waals surface area contributed by atoms with Gasteiger partial charge >= 0.3 is 6.03 Å². The fraction of sp³-hybridized carbons (Fsp3) is 0.182. The Morgan fingerprint density at radius 1 is 1.19 bits per heavy atom. The number of ether oxygens (including phenoxy) is 1. The van der Waals surface area contributed by atoms with Crippen molar-refractivity contribution in [3.8, 4) is 17.0 Å². The quantitative estimate of drug-likeness (QED) is 0.442. The molecule has 0 spiro atoms. The molecule has 2 N–H and O–H groups in total. The van der Waals surface area contributed by atoms with Crippen LogP contribution in [0.25, 0.3) is 16.9 Å². The van der Waals surface area contributed by atoms with Gasteiger partial charge in [-0.1, -0.05) is 6.07 Å². The highest BCUT2D eigenvalue weighted by Gasteiger charge is 2.19. The predicted molar refractivity (Wildman–Crippen MR) is 120 cm³/mol. The molecule has 0 aliphatic carbocycles. The number of carbonyl (C=O) groups is 2. The molecule has 0 fully saturated rings. The number of amides is 2. The zero-order valence-corrected chi connectivity index (χ0v) is 18.1. The molecule has 0 radical (unpaired) electrons. The van der Waals surface area contributed by atoms with E-state index in [4.69, 9.17) is 4.74 Å². The topological polar surface area (TPSA) is 97.6 Å². The zero-order chi connectivity index (χ0) is 22.0. The monoisotopic (exact) mass is 435 g/mol. The Morgan fingerprint density at radius 2 is 2.03 bits per heavy atom. The van der Waals surface area contributed by atoms with E-state index in [9.17, 15) is 9.59 Å². The molecule has 0 unspecified atom stereocenters. The molecule has 0 saturated heterocycles. The Bertz CT molecular complexity index is 1250. The smallest absolute Gasteiger partial charge is 0.319 e. The number of hydrogen-bond donors (Lipinski definition) is 2. The number of anilines is 1. The molecule has 4 aromatic rings. The summed E-state index contributed by atoms with van der Waals surface area (Å²) in [5.74, 6) is 0.416. The molecule has 0 saturated carbocycles. The number of ketones is 1. The van der Waals surface area contributed by atoms with E-state index in [2.05, 4.69) is 20.7 Å². The largest absolute Gasteiger partial charge is 0.495 e. The summed E-state index contributed by atoms with van der Waals surface area (Å²) < 4.78 is 7.01.